The van der Waals surface area contributed by atoms with E-state index in [-0.39, 0.29) is 23.2 Å². The Kier molecular flexibility index (Phi) is 4.91. The van der Waals surface area contributed by atoms with Crippen molar-refractivity contribution in [3.05, 3.63) is 46.6 Å². The maximum Gasteiger partial charge on any atom is 0.272 e. The number of sulfone groups is 1. The van der Waals surface area contributed by atoms with E-state index in [0.717, 1.165) is 11.3 Å². The first kappa shape index (κ1) is 17.6. The van der Waals surface area contributed by atoms with Gasteiger partial charge >= 0.3 is 0 Å². The van der Waals surface area contributed by atoms with Gasteiger partial charge in [-0.25, -0.2) is 8.42 Å². The Morgan fingerprint density at radius 2 is 2.04 bits per heavy atom. The van der Waals surface area contributed by atoms with Crippen LogP contribution in [0.1, 0.15) is 22.5 Å². The molecule has 1 fully saturated rings. The standard InChI is InChI=1S/C16H17ClN4O3S/c1-10-8-11(17)2-3-13(10)19-15-5-4-14(20-21-15)16(22)18-12-6-7-25(23,24)9-12/h2-5,8,12H,6-7,9H2,1H3,(H,18,22)(H,19,21). The zero-order valence-corrected chi connectivity index (χ0v) is 15.1. The van der Waals surface area contributed by atoms with Gasteiger partial charge in [0, 0.05) is 16.8 Å². The predicted octanol–water partition coefficient (Wildman–Crippen LogP) is 2.10. The van der Waals surface area contributed by atoms with E-state index in [1.807, 2.05) is 19.1 Å². The van der Waals surface area contributed by atoms with Gasteiger partial charge in [0.05, 0.1) is 11.5 Å². The number of carbonyl (C=O) groups is 1. The van der Waals surface area contributed by atoms with Gasteiger partial charge in [-0.1, -0.05) is 11.6 Å². The van der Waals surface area contributed by atoms with Crippen LogP contribution >= 0.6 is 11.6 Å². The lowest BCUT2D eigenvalue weighted by Crippen LogP contribution is -2.36. The van der Waals surface area contributed by atoms with Gasteiger partial charge in [0.25, 0.3) is 5.91 Å². The smallest absolute Gasteiger partial charge is 0.272 e. The largest absolute Gasteiger partial charge is 0.347 e. The molecule has 1 aromatic carbocycles. The number of rotatable bonds is 4. The van der Waals surface area contributed by atoms with Crippen LogP contribution in [0.15, 0.2) is 30.3 Å². The number of amides is 1. The molecule has 9 heteroatoms. The van der Waals surface area contributed by atoms with Crippen LogP contribution in [-0.4, -0.2) is 42.1 Å². The average molecular weight is 381 g/mol. The van der Waals surface area contributed by atoms with E-state index in [0.29, 0.717) is 17.3 Å². The van der Waals surface area contributed by atoms with Crippen molar-refractivity contribution in [2.24, 2.45) is 0 Å². The molecule has 25 heavy (non-hydrogen) atoms. The summed E-state index contributed by atoms with van der Waals surface area (Å²) >= 11 is 5.93. The molecule has 1 aliphatic heterocycles. The molecule has 1 amide bonds. The summed E-state index contributed by atoms with van der Waals surface area (Å²) < 4.78 is 22.9. The van der Waals surface area contributed by atoms with Crippen LogP contribution in [0.4, 0.5) is 11.5 Å². The Morgan fingerprint density at radius 1 is 1.24 bits per heavy atom. The Hall–Kier alpha value is -2.19. The first-order valence-electron chi connectivity index (χ1n) is 7.70. The summed E-state index contributed by atoms with van der Waals surface area (Å²) in [6.45, 7) is 1.92. The van der Waals surface area contributed by atoms with E-state index in [4.69, 9.17) is 11.6 Å². The van der Waals surface area contributed by atoms with Crippen LogP contribution < -0.4 is 10.6 Å². The molecule has 132 valence electrons. The highest BCUT2D eigenvalue weighted by Gasteiger charge is 2.29. The molecule has 0 aliphatic carbocycles. The SMILES string of the molecule is Cc1cc(Cl)ccc1Nc1ccc(C(=O)NC2CCS(=O)(=O)C2)nn1. The molecule has 7 nitrogen and oxygen atoms in total. The van der Waals surface area contributed by atoms with Crippen molar-refractivity contribution >= 4 is 38.9 Å². The third-order valence-corrected chi connectivity index (χ3v) is 5.92. The first-order valence-corrected chi connectivity index (χ1v) is 9.90. The van der Waals surface area contributed by atoms with Gasteiger partial charge in [0.15, 0.2) is 21.3 Å². The van der Waals surface area contributed by atoms with Crippen LogP contribution in [0.3, 0.4) is 0 Å². The van der Waals surface area contributed by atoms with Crippen molar-refractivity contribution in [2.75, 3.05) is 16.8 Å². The molecule has 1 aromatic heterocycles. The molecule has 1 atom stereocenters. The van der Waals surface area contributed by atoms with Gasteiger partial charge in [-0.3, -0.25) is 4.79 Å². The summed E-state index contributed by atoms with van der Waals surface area (Å²) in [6, 6.07) is 8.24. The Labute approximate surface area is 150 Å². The Bertz CT molecular complexity index is 900. The highest BCUT2D eigenvalue weighted by atomic mass is 35.5. The number of anilines is 2. The fourth-order valence-electron chi connectivity index (χ4n) is 2.59. The molecule has 0 saturated carbocycles. The van der Waals surface area contributed by atoms with Crippen molar-refractivity contribution in [1.29, 1.82) is 0 Å². The molecule has 0 spiro atoms. The molecule has 1 unspecified atom stereocenters. The molecular weight excluding hydrogens is 364 g/mol. The minimum absolute atomic E-state index is 0.0261. The minimum Gasteiger partial charge on any atom is -0.347 e. The third-order valence-electron chi connectivity index (χ3n) is 3.92. The number of hydrogen-bond donors (Lipinski definition) is 2. The van der Waals surface area contributed by atoms with Gasteiger partial charge in [0.2, 0.25) is 0 Å². The van der Waals surface area contributed by atoms with Gasteiger partial charge < -0.3 is 10.6 Å². The lowest BCUT2D eigenvalue weighted by molar-refractivity contribution is 0.0935. The second-order valence-corrected chi connectivity index (χ2v) is 8.63. The number of hydrogen-bond acceptors (Lipinski definition) is 6. The lowest BCUT2D eigenvalue weighted by atomic mass is 10.2. The monoisotopic (exact) mass is 380 g/mol. The van der Waals surface area contributed by atoms with Crippen LogP contribution in [0.25, 0.3) is 0 Å². The fourth-order valence-corrected chi connectivity index (χ4v) is 4.49. The van der Waals surface area contributed by atoms with Crippen LogP contribution in [0.5, 0.6) is 0 Å². The van der Waals surface area contributed by atoms with Crippen LogP contribution in [0, 0.1) is 6.92 Å². The lowest BCUT2D eigenvalue weighted by Gasteiger charge is -2.11. The van der Waals surface area contributed by atoms with Crippen molar-refractivity contribution in [3.63, 3.8) is 0 Å². The highest BCUT2D eigenvalue weighted by molar-refractivity contribution is 7.91. The maximum atomic E-state index is 12.1. The Morgan fingerprint density at radius 3 is 2.64 bits per heavy atom. The number of carbonyl (C=O) groups excluding carboxylic acids is 1. The molecule has 2 N–H and O–H groups in total. The quantitative estimate of drug-likeness (QED) is 0.842. The number of nitrogens with zero attached hydrogens (tertiary/aromatic N) is 2. The molecular formula is C16H17ClN4O3S. The van der Waals surface area contributed by atoms with Gasteiger partial charge in [-0.2, -0.15) is 0 Å². The van der Waals surface area contributed by atoms with Crippen molar-refractivity contribution in [1.82, 2.24) is 15.5 Å². The van der Waals surface area contributed by atoms with Crippen molar-refractivity contribution < 1.29 is 13.2 Å². The van der Waals surface area contributed by atoms with Crippen LogP contribution in [0.2, 0.25) is 5.02 Å². The number of nitrogens with one attached hydrogen (secondary N) is 2. The van der Waals surface area contributed by atoms with Gasteiger partial charge in [0.1, 0.15) is 0 Å². The van der Waals surface area contributed by atoms with Crippen molar-refractivity contribution in [3.8, 4) is 0 Å². The summed E-state index contributed by atoms with van der Waals surface area (Å²) in [4.78, 5) is 12.1. The number of aryl methyl sites for hydroxylation is 1. The normalized spacial score (nSPS) is 18.7. The fraction of sp³-hybridized carbons (Fsp3) is 0.312. The van der Waals surface area contributed by atoms with E-state index in [1.165, 1.54) is 0 Å². The molecule has 2 heterocycles. The van der Waals surface area contributed by atoms with E-state index in [2.05, 4.69) is 20.8 Å². The predicted molar refractivity (Wildman–Crippen MR) is 96.0 cm³/mol. The summed E-state index contributed by atoms with van der Waals surface area (Å²) in [7, 11) is -3.04. The second kappa shape index (κ2) is 6.97. The number of halogens is 1. The highest BCUT2D eigenvalue weighted by Crippen LogP contribution is 2.22. The first-order chi connectivity index (χ1) is 11.8. The summed E-state index contributed by atoms with van der Waals surface area (Å²) in [6.07, 6.45) is 0.428. The maximum absolute atomic E-state index is 12.1. The minimum atomic E-state index is -3.04. The zero-order chi connectivity index (χ0) is 18.0. The summed E-state index contributed by atoms with van der Waals surface area (Å²) in [5.74, 6) is 0.142. The molecule has 0 bridgehead atoms. The summed E-state index contributed by atoms with van der Waals surface area (Å²) in [5.41, 5.74) is 1.94. The average Bonchev–Trinajstić information content (AvgIpc) is 2.89. The van der Waals surface area contributed by atoms with E-state index >= 15 is 0 Å². The van der Waals surface area contributed by atoms with Gasteiger partial charge in [-0.15, -0.1) is 10.2 Å². The van der Waals surface area contributed by atoms with E-state index in [1.54, 1.807) is 18.2 Å². The Balaban J connectivity index is 1.64. The topological polar surface area (TPSA) is 101 Å². The van der Waals surface area contributed by atoms with Gasteiger partial charge in [-0.05, 0) is 49.2 Å². The molecule has 1 aliphatic rings. The van der Waals surface area contributed by atoms with Crippen molar-refractivity contribution in [2.45, 2.75) is 19.4 Å². The molecule has 2 aromatic rings. The third kappa shape index (κ3) is 4.46. The molecule has 3 rings (SSSR count). The summed E-state index contributed by atoms with van der Waals surface area (Å²) in [5, 5.41) is 14.3. The molecule has 0 radical (unpaired) electrons. The zero-order valence-electron chi connectivity index (χ0n) is 13.5. The molecule has 1 saturated heterocycles. The number of aromatic nitrogens is 2. The number of benzene rings is 1. The van der Waals surface area contributed by atoms with E-state index < -0.39 is 15.7 Å². The van der Waals surface area contributed by atoms with Crippen LogP contribution in [-0.2, 0) is 9.84 Å². The second-order valence-electron chi connectivity index (χ2n) is 5.96. The van der Waals surface area contributed by atoms with E-state index in [9.17, 15) is 13.2 Å².